The van der Waals surface area contributed by atoms with Crippen LogP contribution in [0.2, 0.25) is 5.02 Å². The number of rotatable bonds is 11. The summed E-state index contributed by atoms with van der Waals surface area (Å²) in [7, 11) is 1.72. The molecule has 0 saturated heterocycles. The maximum absolute atomic E-state index is 6.04. The molecule has 4 nitrogen and oxygen atoms in total. The van der Waals surface area contributed by atoms with E-state index in [-0.39, 0.29) is 0 Å². The molecule has 1 rings (SSSR count). The van der Waals surface area contributed by atoms with E-state index in [1.54, 1.807) is 7.11 Å². The predicted octanol–water partition coefficient (Wildman–Crippen LogP) is 2.10. The predicted molar refractivity (Wildman–Crippen MR) is 83.6 cm³/mol. The van der Waals surface area contributed by atoms with Gasteiger partial charge in [-0.25, -0.2) is 0 Å². The molecule has 0 unspecified atom stereocenters. The van der Waals surface area contributed by atoms with Crippen LogP contribution in [0.3, 0.4) is 0 Å². The minimum Gasteiger partial charge on any atom is -0.490 e. The van der Waals surface area contributed by atoms with E-state index >= 15 is 0 Å². The van der Waals surface area contributed by atoms with Crippen LogP contribution in [-0.4, -0.2) is 46.6 Å². The number of halogens is 2. The van der Waals surface area contributed by atoms with Crippen LogP contribution in [0, 0.1) is 0 Å². The Morgan fingerprint density at radius 2 is 2.00 bits per heavy atom. The van der Waals surface area contributed by atoms with Crippen molar-refractivity contribution in [3.63, 3.8) is 0 Å². The molecule has 1 aromatic carbocycles. The summed E-state index contributed by atoms with van der Waals surface area (Å²) in [6, 6.07) is 5.56. The molecule has 0 aliphatic rings. The summed E-state index contributed by atoms with van der Waals surface area (Å²) in [6.45, 7) is 4.65. The van der Waals surface area contributed by atoms with Gasteiger partial charge in [0.15, 0.2) is 0 Å². The third-order valence-corrected chi connectivity index (χ3v) is 3.39. The van der Waals surface area contributed by atoms with Crippen molar-refractivity contribution in [1.82, 2.24) is 0 Å². The summed E-state index contributed by atoms with van der Waals surface area (Å²) in [6.07, 6.45) is 1.07. The van der Waals surface area contributed by atoms with Crippen LogP contribution in [0.15, 0.2) is 22.7 Å². The van der Waals surface area contributed by atoms with Crippen LogP contribution in [-0.2, 0) is 9.47 Å². The van der Waals surface area contributed by atoms with E-state index in [2.05, 4.69) is 21.2 Å². The number of hydrogen-bond acceptors (Lipinski definition) is 3. The fourth-order valence-electron chi connectivity index (χ4n) is 1.59. The van der Waals surface area contributed by atoms with E-state index < -0.39 is 0 Å². The van der Waals surface area contributed by atoms with Gasteiger partial charge < -0.3 is 19.5 Å². The largest absolute Gasteiger partial charge is 0.490 e. The number of benzene rings is 1. The smallest absolute Gasteiger partial charge is 0.138 e. The first-order chi connectivity index (χ1) is 9.74. The van der Waals surface area contributed by atoms with Crippen molar-refractivity contribution in [1.29, 1.82) is 0 Å². The number of nitrogens with two attached hydrogens (primary N) is 1. The van der Waals surface area contributed by atoms with Crippen molar-refractivity contribution in [3.8, 4) is 5.75 Å². The lowest BCUT2D eigenvalue weighted by Crippen LogP contribution is -2.85. The van der Waals surface area contributed by atoms with E-state index in [4.69, 9.17) is 25.8 Å². The molecule has 0 radical (unpaired) electrons. The summed E-state index contributed by atoms with van der Waals surface area (Å²) in [5, 5.41) is 2.83. The zero-order chi connectivity index (χ0) is 14.6. The standard InChI is InChI=1S/C14H21BrClNO3/c1-18-7-2-5-17-6-8-19-9-10-20-14-4-3-12(15)11-13(14)16/h3-4,11,17H,2,5-10H2,1H3/p+1. The molecule has 20 heavy (non-hydrogen) atoms. The first kappa shape index (κ1) is 17.7. The second-order valence-corrected chi connectivity index (χ2v) is 5.57. The van der Waals surface area contributed by atoms with Gasteiger partial charge in [-0.3, -0.25) is 0 Å². The number of hydrogen-bond donors (Lipinski definition) is 1. The Bertz CT molecular complexity index is 379. The highest BCUT2D eigenvalue weighted by molar-refractivity contribution is 9.10. The molecule has 114 valence electrons. The summed E-state index contributed by atoms with van der Waals surface area (Å²) in [4.78, 5) is 0. The Morgan fingerprint density at radius 1 is 1.15 bits per heavy atom. The van der Waals surface area contributed by atoms with Crippen LogP contribution < -0.4 is 10.1 Å². The molecule has 0 aliphatic carbocycles. The molecule has 2 N–H and O–H groups in total. The number of quaternary nitrogens is 1. The molecule has 1 aromatic rings. The fraction of sp³-hybridized carbons (Fsp3) is 0.571. The molecule has 6 heteroatoms. The SMILES string of the molecule is COCCC[NH2+]CCOCCOc1ccc(Br)cc1Cl. The lowest BCUT2D eigenvalue weighted by atomic mass is 10.3. The lowest BCUT2D eigenvalue weighted by molar-refractivity contribution is -0.656. The molecular formula is C14H22BrClNO3+. The Kier molecular flexibility index (Phi) is 10.1. The highest BCUT2D eigenvalue weighted by atomic mass is 79.9. The normalized spacial score (nSPS) is 10.8. The summed E-state index contributed by atoms with van der Waals surface area (Å²) in [5.41, 5.74) is 0. The van der Waals surface area contributed by atoms with Crippen LogP contribution >= 0.6 is 27.5 Å². The average molecular weight is 368 g/mol. The lowest BCUT2D eigenvalue weighted by Gasteiger charge is -2.08. The molecule has 0 fully saturated rings. The van der Waals surface area contributed by atoms with Gasteiger partial charge in [-0.1, -0.05) is 27.5 Å². The zero-order valence-electron chi connectivity index (χ0n) is 11.7. The van der Waals surface area contributed by atoms with Gasteiger partial charge >= 0.3 is 0 Å². The molecular weight excluding hydrogens is 346 g/mol. The fourth-order valence-corrected chi connectivity index (χ4v) is 2.32. The van der Waals surface area contributed by atoms with E-state index in [0.29, 0.717) is 24.0 Å². The quantitative estimate of drug-likeness (QED) is 0.609. The van der Waals surface area contributed by atoms with Crippen LogP contribution in [0.1, 0.15) is 6.42 Å². The van der Waals surface area contributed by atoms with Crippen molar-refractivity contribution in [2.45, 2.75) is 6.42 Å². The van der Waals surface area contributed by atoms with Gasteiger partial charge in [0.2, 0.25) is 0 Å². The van der Waals surface area contributed by atoms with Crippen LogP contribution in [0.4, 0.5) is 0 Å². The third-order valence-electron chi connectivity index (χ3n) is 2.60. The first-order valence-corrected chi connectivity index (χ1v) is 7.87. The van der Waals surface area contributed by atoms with Crippen LogP contribution in [0.25, 0.3) is 0 Å². The second-order valence-electron chi connectivity index (χ2n) is 4.25. The molecule has 0 saturated carbocycles. The average Bonchev–Trinajstić information content (AvgIpc) is 2.43. The van der Waals surface area contributed by atoms with Crippen molar-refractivity contribution < 1.29 is 19.5 Å². The Morgan fingerprint density at radius 3 is 2.75 bits per heavy atom. The van der Waals surface area contributed by atoms with E-state index in [1.165, 1.54) is 0 Å². The zero-order valence-corrected chi connectivity index (χ0v) is 14.1. The summed E-state index contributed by atoms with van der Waals surface area (Å²) in [5.74, 6) is 0.685. The van der Waals surface area contributed by atoms with Gasteiger partial charge in [-0.2, -0.15) is 0 Å². The van der Waals surface area contributed by atoms with Gasteiger partial charge in [0.1, 0.15) is 12.4 Å². The van der Waals surface area contributed by atoms with Gasteiger partial charge in [0.25, 0.3) is 0 Å². The molecule has 0 heterocycles. The maximum atomic E-state index is 6.04. The minimum atomic E-state index is 0.505. The highest BCUT2D eigenvalue weighted by Crippen LogP contribution is 2.27. The summed E-state index contributed by atoms with van der Waals surface area (Å²) < 4.78 is 17.0. The second kappa shape index (κ2) is 11.3. The topological polar surface area (TPSA) is 44.3 Å². The minimum absolute atomic E-state index is 0.505. The van der Waals surface area contributed by atoms with Gasteiger partial charge in [0.05, 0.1) is 37.9 Å². The molecule has 0 atom stereocenters. The summed E-state index contributed by atoms with van der Waals surface area (Å²) >= 11 is 9.39. The maximum Gasteiger partial charge on any atom is 0.138 e. The van der Waals surface area contributed by atoms with E-state index in [0.717, 1.165) is 37.2 Å². The Balaban J connectivity index is 1.97. The number of ether oxygens (including phenoxy) is 3. The number of methoxy groups -OCH3 is 1. The van der Waals surface area contributed by atoms with Gasteiger partial charge in [0, 0.05) is 18.0 Å². The Hall–Kier alpha value is -0.330. The van der Waals surface area contributed by atoms with E-state index in [1.807, 2.05) is 18.2 Å². The van der Waals surface area contributed by atoms with Crippen molar-refractivity contribution in [2.24, 2.45) is 0 Å². The third kappa shape index (κ3) is 8.07. The molecule has 0 amide bonds. The molecule has 0 aliphatic heterocycles. The van der Waals surface area contributed by atoms with Gasteiger partial charge in [-0.05, 0) is 18.2 Å². The van der Waals surface area contributed by atoms with Crippen molar-refractivity contribution in [3.05, 3.63) is 27.7 Å². The van der Waals surface area contributed by atoms with Crippen molar-refractivity contribution in [2.75, 3.05) is 46.6 Å². The first-order valence-electron chi connectivity index (χ1n) is 6.70. The van der Waals surface area contributed by atoms with Crippen molar-refractivity contribution >= 4 is 27.5 Å². The Labute approximate surface area is 133 Å². The van der Waals surface area contributed by atoms with Gasteiger partial charge in [-0.15, -0.1) is 0 Å². The molecule has 0 aromatic heterocycles. The molecule has 0 bridgehead atoms. The molecule has 0 spiro atoms. The monoisotopic (exact) mass is 366 g/mol. The van der Waals surface area contributed by atoms with Crippen LogP contribution in [0.5, 0.6) is 5.75 Å². The highest BCUT2D eigenvalue weighted by Gasteiger charge is 2.01. The van der Waals surface area contributed by atoms with E-state index in [9.17, 15) is 0 Å².